The van der Waals surface area contributed by atoms with E-state index in [1.54, 1.807) is 0 Å². The molecule has 0 radical (unpaired) electrons. The van der Waals surface area contributed by atoms with Gasteiger partial charge in [-0.15, -0.1) is 17.2 Å². The Labute approximate surface area is 295 Å². The van der Waals surface area contributed by atoms with Crippen LogP contribution in [0.3, 0.4) is 0 Å². The molecule has 0 saturated carbocycles. The minimum atomic E-state index is 0. The van der Waals surface area contributed by atoms with Crippen LogP contribution >= 0.6 is 0 Å². The molecule has 0 spiro atoms. The van der Waals surface area contributed by atoms with E-state index in [0.29, 0.717) is 19.6 Å². The molecule has 240 valence electrons. The van der Waals surface area contributed by atoms with Gasteiger partial charge in [0.25, 0.3) is 0 Å². The van der Waals surface area contributed by atoms with E-state index >= 15 is 0 Å². The van der Waals surface area contributed by atoms with Gasteiger partial charge in [-0.25, -0.2) is 0 Å². The van der Waals surface area contributed by atoms with Gasteiger partial charge in [-0.1, -0.05) is 69.8 Å². The van der Waals surface area contributed by atoms with Gasteiger partial charge in [0.2, 0.25) is 0 Å². The number of ketones is 1. The average molecular weight is 746 g/mol. The number of aryl methyl sites for hydroxylation is 6. The molecule has 1 saturated heterocycles. The van der Waals surface area contributed by atoms with Crippen molar-refractivity contribution in [3.8, 4) is 17.2 Å². The zero-order chi connectivity index (χ0) is 31.8. The third-order valence-electron chi connectivity index (χ3n) is 7.87. The van der Waals surface area contributed by atoms with E-state index < -0.39 is 0 Å². The second kappa shape index (κ2) is 17.6. The molecule has 0 atom stereocenters. The minimum absolute atomic E-state index is 0. The Kier molecular flexibility index (Phi) is 15.2. The van der Waals surface area contributed by atoms with Crippen molar-refractivity contribution in [1.82, 2.24) is 14.7 Å². The molecular formula is C36H48N3O4Tb. The van der Waals surface area contributed by atoms with Gasteiger partial charge in [-0.05, 0) is 72.1 Å². The molecule has 1 aliphatic rings. The van der Waals surface area contributed by atoms with Gasteiger partial charge in [0.15, 0.2) is 0 Å². The van der Waals surface area contributed by atoms with E-state index in [9.17, 15) is 20.1 Å². The maximum absolute atomic E-state index is 12.9. The molecule has 3 aromatic carbocycles. The van der Waals surface area contributed by atoms with Crippen LogP contribution in [-0.4, -0.2) is 59.8 Å². The van der Waals surface area contributed by atoms with Gasteiger partial charge in [-0.2, -0.15) is 0 Å². The predicted octanol–water partition coefficient (Wildman–Crippen LogP) is 4.17. The molecule has 3 aromatic rings. The van der Waals surface area contributed by atoms with Crippen LogP contribution < -0.4 is 15.3 Å². The summed E-state index contributed by atoms with van der Waals surface area (Å²) in [6.07, 6.45) is 0. The second-order valence-electron chi connectivity index (χ2n) is 12.4. The third-order valence-corrected chi connectivity index (χ3v) is 7.87. The molecule has 44 heavy (non-hydrogen) atoms. The number of hydrogen-bond donors (Lipinski definition) is 0. The molecule has 8 heteroatoms. The fourth-order valence-electron chi connectivity index (χ4n) is 5.86. The van der Waals surface area contributed by atoms with E-state index in [1.165, 1.54) is 13.8 Å². The van der Waals surface area contributed by atoms with Gasteiger partial charge in [0, 0.05) is 58.9 Å². The van der Waals surface area contributed by atoms with E-state index in [1.807, 2.05) is 77.9 Å². The summed E-state index contributed by atoms with van der Waals surface area (Å²) in [4.78, 5) is 16.5. The minimum Gasteiger partial charge on any atom is -0.872 e. The van der Waals surface area contributed by atoms with Crippen LogP contribution in [0.25, 0.3) is 0 Å². The van der Waals surface area contributed by atoms with Gasteiger partial charge in [-0.3, -0.25) is 14.7 Å². The topological polar surface area (TPSA) is 96.0 Å². The largest absolute Gasteiger partial charge is 3.00 e. The number of benzene rings is 3. The Morgan fingerprint density at radius 3 is 0.932 bits per heavy atom. The van der Waals surface area contributed by atoms with Crippen LogP contribution in [0.15, 0.2) is 36.4 Å². The fourth-order valence-corrected chi connectivity index (χ4v) is 5.86. The Hall–Kier alpha value is -2.10. The SMILES string of the molecule is CC(C)=O.Cc1cc(C)c([O-])c(CN2CCN(Cc3cc(C)cc(C)c3[O-])CCN(Cc3cc(C)cc(C)c3[O-])CC2)c1.[Tb+3]. The quantitative estimate of drug-likeness (QED) is 0.374. The molecule has 1 heterocycles. The van der Waals surface area contributed by atoms with Crippen LogP contribution in [0.4, 0.5) is 0 Å². The monoisotopic (exact) mass is 745 g/mol. The number of rotatable bonds is 6. The van der Waals surface area contributed by atoms with E-state index in [2.05, 4.69) is 14.7 Å². The predicted molar refractivity (Wildman–Crippen MR) is 168 cm³/mol. The number of carbonyl (C=O) groups excluding carboxylic acids is 1. The first-order valence-electron chi connectivity index (χ1n) is 15.2. The summed E-state index contributed by atoms with van der Waals surface area (Å²) in [6, 6.07) is 11.9. The molecule has 7 nitrogen and oxygen atoms in total. The molecular weight excluding hydrogens is 697 g/mol. The van der Waals surface area contributed by atoms with E-state index in [4.69, 9.17) is 0 Å². The second-order valence-corrected chi connectivity index (χ2v) is 12.4. The van der Waals surface area contributed by atoms with Crippen LogP contribution in [0, 0.1) is 80.2 Å². The third kappa shape index (κ3) is 11.4. The van der Waals surface area contributed by atoms with Crippen molar-refractivity contribution in [1.29, 1.82) is 0 Å². The molecule has 0 aliphatic carbocycles. The smallest absolute Gasteiger partial charge is 0.872 e. The summed E-state index contributed by atoms with van der Waals surface area (Å²) in [5.41, 5.74) is 8.15. The summed E-state index contributed by atoms with van der Waals surface area (Å²) < 4.78 is 0. The van der Waals surface area contributed by atoms with Gasteiger partial charge < -0.3 is 20.1 Å². The van der Waals surface area contributed by atoms with Crippen molar-refractivity contribution in [2.24, 2.45) is 0 Å². The van der Waals surface area contributed by atoms with Gasteiger partial charge in [0.05, 0.1) is 0 Å². The van der Waals surface area contributed by atoms with Crippen molar-refractivity contribution in [3.63, 3.8) is 0 Å². The number of nitrogens with zero attached hydrogens (tertiary/aromatic N) is 3. The summed E-state index contributed by atoms with van der Waals surface area (Å²) in [5, 5.41) is 38.7. The normalized spacial score (nSPS) is 14.9. The molecule has 0 unspecified atom stereocenters. The van der Waals surface area contributed by atoms with Crippen LogP contribution in [0.5, 0.6) is 17.2 Å². The number of Topliss-reactive ketones (excluding diaryl/α,β-unsaturated/α-hetero) is 1. The zero-order valence-corrected chi connectivity index (χ0v) is 29.8. The Morgan fingerprint density at radius 1 is 0.523 bits per heavy atom. The average Bonchev–Trinajstić information content (AvgIpc) is 2.99. The standard InChI is InChI=1S/C33H45N3O3.C3H6O.Tb/c1-22-13-25(4)31(37)28(16-22)19-34-7-9-35(20-29-17-23(2)14-26(5)32(29)38)11-12-36(10-8-34)21-30-18-24(3)15-27(6)33(30)39;1-3(2)4;/h13-18,37-39H,7-12,19-21H2,1-6H3;1-2H3;/q;;+3/p-3. The Balaban J connectivity index is 0.00000127. The molecule has 0 N–H and O–H groups in total. The first kappa shape index (κ1) is 38.1. The first-order valence-corrected chi connectivity index (χ1v) is 15.2. The van der Waals surface area contributed by atoms with Gasteiger partial charge in [0.1, 0.15) is 5.78 Å². The van der Waals surface area contributed by atoms with Crippen LogP contribution in [-0.2, 0) is 24.4 Å². The maximum atomic E-state index is 12.9. The molecule has 4 rings (SSSR count). The van der Waals surface area contributed by atoms with Crippen molar-refractivity contribution >= 4 is 5.78 Å². The van der Waals surface area contributed by atoms with Crippen molar-refractivity contribution in [2.45, 2.75) is 75.0 Å². The van der Waals surface area contributed by atoms with E-state index in [0.717, 1.165) is 89.3 Å². The molecule has 0 bridgehead atoms. The maximum Gasteiger partial charge on any atom is 3.00 e. The van der Waals surface area contributed by atoms with Crippen molar-refractivity contribution in [3.05, 3.63) is 86.5 Å². The molecule has 1 fully saturated rings. The summed E-state index contributed by atoms with van der Waals surface area (Å²) in [6.45, 7) is 21.4. The summed E-state index contributed by atoms with van der Waals surface area (Å²) in [7, 11) is 0. The van der Waals surface area contributed by atoms with Crippen LogP contribution in [0.1, 0.15) is 63.9 Å². The molecule has 0 aromatic heterocycles. The number of carbonyl (C=O) groups is 1. The summed E-state index contributed by atoms with van der Waals surface area (Å²) >= 11 is 0. The molecule has 0 amide bonds. The summed E-state index contributed by atoms with van der Waals surface area (Å²) in [5.74, 6) is 0.518. The molecule has 1 aliphatic heterocycles. The Bertz CT molecular complexity index is 1250. The van der Waals surface area contributed by atoms with E-state index in [-0.39, 0.29) is 61.6 Å². The fraction of sp³-hybridized carbons (Fsp3) is 0.472. The van der Waals surface area contributed by atoms with Crippen molar-refractivity contribution < 1.29 is 58.7 Å². The van der Waals surface area contributed by atoms with Crippen LogP contribution in [0.2, 0.25) is 0 Å². The number of hydrogen-bond acceptors (Lipinski definition) is 7. The zero-order valence-electron chi connectivity index (χ0n) is 27.6. The Morgan fingerprint density at radius 2 is 0.727 bits per heavy atom. The van der Waals surface area contributed by atoms with Crippen molar-refractivity contribution in [2.75, 3.05) is 39.3 Å². The first-order chi connectivity index (χ1) is 20.2. The van der Waals surface area contributed by atoms with Gasteiger partial charge >= 0.3 is 38.6 Å².